The van der Waals surface area contributed by atoms with E-state index < -0.39 is 0 Å². The molecule has 1 aromatic carbocycles. The number of amides is 1. The summed E-state index contributed by atoms with van der Waals surface area (Å²) in [5.41, 5.74) is 2.19. The number of piperidine rings is 1. The van der Waals surface area contributed by atoms with Gasteiger partial charge in [-0.25, -0.2) is 4.39 Å². The van der Waals surface area contributed by atoms with Crippen LogP contribution in [0.3, 0.4) is 0 Å². The smallest absolute Gasteiger partial charge is 0.227 e. The number of hydrogen-bond acceptors (Lipinski definition) is 4. The Bertz CT molecular complexity index is 895. The minimum Gasteiger partial charge on any atom is -0.356 e. The highest BCUT2D eigenvalue weighted by molar-refractivity contribution is 5.90. The Labute approximate surface area is 143 Å². The summed E-state index contributed by atoms with van der Waals surface area (Å²) in [7, 11) is 0. The number of carbonyl (C=O) groups excluding carboxylic acids is 1. The quantitative estimate of drug-likeness (QED) is 0.762. The number of aromatic nitrogens is 5. The molecule has 1 aliphatic heterocycles. The molecular weight excluding hydrogens is 323 g/mol. The first-order chi connectivity index (χ1) is 12.1. The Kier molecular flexibility index (Phi) is 3.95. The number of tetrazole rings is 1. The Morgan fingerprint density at radius 2 is 2.16 bits per heavy atom. The van der Waals surface area contributed by atoms with Gasteiger partial charge in [0.05, 0.1) is 11.9 Å². The van der Waals surface area contributed by atoms with Crippen LogP contribution in [0.5, 0.6) is 0 Å². The first-order valence-corrected chi connectivity index (χ1v) is 8.40. The maximum atomic E-state index is 13.9. The largest absolute Gasteiger partial charge is 0.356 e. The van der Waals surface area contributed by atoms with E-state index in [2.05, 4.69) is 25.6 Å². The molecule has 1 fully saturated rings. The minimum atomic E-state index is -0.291. The molecule has 2 aromatic heterocycles. The summed E-state index contributed by atoms with van der Waals surface area (Å²) in [4.78, 5) is 17.6. The summed E-state index contributed by atoms with van der Waals surface area (Å²) < 4.78 is 13.9. The van der Waals surface area contributed by atoms with Gasteiger partial charge in [-0.15, -0.1) is 10.2 Å². The molecule has 2 N–H and O–H groups in total. The summed E-state index contributed by atoms with van der Waals surface area (Å²) in [6, 6.07) is 4.95. The summed E-state index contributed by atoms with van der Waals surface area (Å²) in [6.45, 7) is 3.23. The molecule has 0 bridgehead atoms. The lowest BCUT2D eigenvalue weighted by Crippen LogP contribution is -2.39. The molecule has 1 amide bonds. The van der Waals surface area contributed by atoms with E-state index in [-0.39, 0.29) is 24.1 Å². The molecule has 0 saturated carbocycles. The van der Waals surface area contributed by atoms with E-state index in [0.717, 1.165) is 35.3 Å². The predicted molar refractivity (Wildman–Crippen MR) is 89.4 cm³/mol. The second kappa shape index (κ2) is 6.27. The topological polar surface area (TPSA) is 90.6 Å². The average Bonchev–Trinajstić information content (AvgIpc) is 3.25. The number of benzene rings is 1. The number of H-pyrrole nitrogens is 2. The Balaban J connectivity index is 1.46. The molecule has 4 rings (SSSR count). The molecule has 0 aliphatic carbocycles. The van der Waals surface area contributed by atoms with Crippen LogP contribution in [0.2, 0.25) is 0 Å². The SMILES string of the molecule is Cc1[nH]c2c(F)cccc2c1CC(=O)N1CCC(c2nn[nH]n2)CC1. The summed E-state index contributed by atoms with van der Waals surface area (Å²) in [6.07, 6.45) is 1.93. The molecule has 3 heterocycles. The number of rotatable bonds is 3. The van der Waals surface area contributed by atoms with Gasteiger partial charge >= 0.3 is 0 Å². The van der Waals surface area contributed by atoms with E-state index in [1.807, 2.05) is 17.9 Å². The molecule has 0 atom stereocenters. The van der Waals surface area contributed by atoms with Crippen LogP contribution in [0.25, 0.3) is 10.9 Å². The number of aromatic amines is 2. The second-order valence-electron chi connectivity index (χ2n) is 6.49. The summed E-state index contributed by atoms with van der Waals surface area (Å²) >= 11 is 0. The van der Waals surface area contributed by atoms with Gasteiger partial charge in [-0.05, 0) is 31.4 Å². The van der Waals surface area contributed by atoms with Gasteiger partial charge < -0.3 is 9.88 Å². The van der Waals surface area contributed by atoms with Crippen LogP contribution < -0.4 is 0 Å². The van der Waals surface area contributed by atoms with E-state index in [1.54, 1.807) is 6.07 Å². The maximum Gasteiger partial charge on any atom is 0.227 e. The molecule has 8 heteroatoms. The van der Waals surface area contributed by atoms with Crippen molar-refractivity contribution in [2.45, 2.75) is 32.1 Å². The van der Waals surface area contributed by atoms with Crippen LogP contribution in [0, 0.1) is 12.7 Å². The number of nitrogens with one attached hydrogen (secondary N) is 2. The Hall–Kier alpha value is -2.77. The van der Waals surface area contributed by atoms with Crippen molar-refractivity contribution in [1.29, 1.82) is 0 Å². The van der Waals surface area contributed by atoms with Crippen molar-refractivity contribution >= 4 is 16.8 Å². The van der Waals surface area contributed by atoms with E-state index in [0.29, 0.717) is 18.6 Å². The fourth-order valence-electron chi connectivity index (χ4n) is 3.59. The van der Waals surface area contributed by atoms with Gasteiger partial charge in [0.25, 0.3) is 0 Å². The zero-order chi connectivity index (χ0) is 17.4. The van der Waals surface area contributed by atoms with Gasteiger partial charge in [0.2, 0.25) is 5.91 Å². The van der Waals surface area contributed by atoms with E-state index in [9.17, 15) is 9.18 Å². The predicted octanol–water partition coefficient (Wildman–Crippen LogP) is 2.08. The third-order valence-electron chi connectivity index (χ3n) is 5.01. The molecule has 0 radical (unpaired) electrons. The number of halogens is 1. The van der Waals surface area contributed by atoms with Gasteiger partial charge in [0.15, 0.2) is 5.82 Å². The van der Waals surface area contributed by atoms with Crippen molar-refractivity contribution in [1.82, 2.24) is 30.5 Å². The van der Waals surface area contributed by atoms with Crippen LogP contribution in [0.4, 0.5) is 4.39 Å². The van der Waals surface area contributed by atoms with Crippen molar-refractivity contribution in [3.05, 3.63) is 41.1 Å². The van der Waals surface area contributed by atoms with Crippen LogP contribution in [-0.4, -0.2) is 49.5 Å². The van der Waals surface area contributed by atoms with Gasteiger partial charge in [0.1, 0.15) is 5.82 Å². The number of nitrogens with zero attached hydrogens (tertiary/aromatic N) is 4. The number of fused-ring (bicyclic) bond motifs is 1. The average molecular weight is 342 g/mol. The zero-order valence-corrected chi connectivity index (χ0v) is 13.9. The van der Waals surface area contributed by atoms with Crippen molar-refractivity contribution in [3.8, 4) is 0 Å². The van der Waals surface area contributed by atoms with Crippen molar-refractivity contribution in [2.24, 2.45) is 0 Å². The Morgan fingerprint density at radius 1 is 1.36 bits per heavy atom. The molecule has 1 aliphatic rings. The molecule has 1 saturated heterocycles. The van der Waals surface area contributed by atoms with Crippen molar-refractivity contribution < 1.29 is 9.18 Å². The number of carbonyl (C=O) groups is 1. The lowest BCUT2D eigenvalue weighted by atomic mass is 9.95. The van der Waals surface area contributed by atoms with Gasteiger partial charge in [0, 0.05) is 30.1 Å². The van der Waals surface area contributed by atoms with Crippen molar-refractivity contribution in [2.75, 3.05) is 13.1 Å². The number of para-hydroxylation sites is 1. The van der Waals surface area contributed by atoms with Gasteiger partial charge in [-0.3, -0.25) is 4.79 Å². The lowest BCUT2D eigenvalue weighted by molar-refractivity contribution is -0.131. The van der Waals surface area contributed by atoms with E-state index in [4.69, 9.17) is 0 Å². The maximum absolute atomic E-state index is 13.9. The molecule has 25 heavy (non-hydrogen) atoms. The molecule has 130 valence electrons. The van der Waals surface area contributed by atoms with Crippen LogP contribution in [0.1, 0.15) is 35.8 Å². The van der Waals surface area contributed by atoms with Crippen LogP contribution >= 0.6 is 0 Å². The third-order valence-corrected chi connectivity index (χ3v) is 5.01. The summed E-state index contributed by atoms with van der Waals surface area (Å²) in [5, 5.41) is 14.9. The van der Waals surface area contributed by atoms with Gasteiger partial charge in [-0.2, -0.15) is 5.21 Å². The highest BCUT2D eigenvalue weighted by Crippen LogP contribution is 2.27. The highest BCUT2D eigenvalue weighted by atomic mass is 19.1. The monoisotopic (exact) mass is 342 g/mol. The highest BCUT2D eigenvalue weighted by Gasteiger charge is 2.27. The van der Waals surface area contributed by atoms with E-state index in [1.165, 1.54) is 6.07 Å². The first-order valence-electron chi connectivity index (χ1n) is 8.40. The molecule has 3 aromatic rings. The fourth-order valence-corrected chi connectivity index (χ4v) is 3.59. The standard InChI is InChI=1S/C17H19FN6O/c1-10-13(12-3-2-4-14(18)16(12)19-10)9-15(25)24-7-5-11(6-8-24)17-20-22-23-21-17/h2-4,11,19H,5-9H2,1H3,(H,20,21,22,23). The lowest BCUT2D eigenvalue weighted by Gasteiger charge is -2.30. The summed E-state index contributed by atoms with van der Waals surface area (Å²) in [5.74, 6) is 0.738. The zero-order valence-electron chi connectivity index (χ0n) is 13.9. The first kappa shape index (κ1) is 15.7. The molecule has 0 spiro atoms. The Morgan fingerprint density at radius 3 is 2.88 bits per heavy atom. The minimum absolute atomic E-state index is 0.0693. The fraction of sp³-hybridized carbons (Fsp3) is 0.412. The van der Waals surface area contributed by atoms with Crippen LogP contribution in [-0.2, 0) is 11.2 Å². The number of aryl methyl sites for hydroxylation is 1. The van der Waals surface area contributed by atoms with Crippen LogP contribution in [0.15, 0.2) is 18.2 Å². The third kappa shape index (κ3) is 2.88. The number of hydrogen-bond donors (Lipinski definition) is 2. The molecular formula is C17H19FN6O. The van der Waals surface area contributed by atoms with Crippen molar-refractivity contribution in [3.63, 3.8) is 0 Å². The number of likely N-dealkylation sites (tertiary alicyclic amines) is 1. The second-order valence-corrected chi connectivity index (χ2v) is 6.49. The van der Waals surface area contributed by atoms with Gasteiger partial charge in [-0.1, -0.05) is 17.3 Å². The normalized spacial score (nSPS) is 15.8. The molecule has 7 nitrogen and oxygen atoms in total. The van der Waals surface area contributed by atoms with E-state index >= 15 is 0 Å². The molecule has 0 unspecified atom stereocenters.